The molecule has 0 N–H and O–H groups in total. The predicted octanol–water partition coefficient (Wildman–Crippen LogP) is 9.04. The summed E-state index contributed by atoms with van der Waals surface area (Å²) in [6.45, 7) is 6.54. The van der Waals surface area contributed by atoms with Crippen LogP contribution in [0.5, 0.6) is 0 Å². The Balaban J connectivity index is 1.67. The Labute approximate surface area is 200 Å². The Kier molecular flexibility index (Phi) is 4.85. The molecule has 0 radical (unpaired) electrons. The van der Waals surface area contributed by atoms with Gasteiger partial charge in [0.15, 0.2) is 0 Å². The van der Waals surface area contributed by atoms with E-state index in [1.165, 1.54) is 66.4 Å². The van der Waals surface area contributed by atoms with Crippen molar-refractivity contribution in [2.24, 2.45) is 0 Å². The van der Waals surface area contributed by atoms with E-state index < -0.39 is 0 Å². The highest BCUT2D eigenvalue weighted by atomic mass is 15.0. The number of hydrogen-bond donors (Lipinski definition) is 0. The average Bonchev–Trinajstić information content (AvgIpc) is 3.17. The van der Waals surface area contributed by atoms with Gasteiger partial charge in [-0.1, -0.05) is 90.5 Å². The molecule has 6 rings (SSSR count). The number of rotatable bonds is 3. The predicted molar refractivity (Wildman–Crippen MR) is 146 cm³/mol. The fourth-order valence-electron chi connectivity index (χ4n) is 5.24. The van der Waals surface area contributed by atoms with Crippen LogP contribution in [0.3, 0.4) is 0 Å². The van der Waals surface area contributed by atoms with Crippen molar-refractivity contribution in [3.8, 4) is 27.9 Å². The summed E-state index contributed by atoms with van der Waals surface area (Å²) in [7, 11) is 0. The summed E-state index contributed by atoms with van der Waals surface area (Å²) in [5.74, 6) is 0. The molecular weight excluding hydrogens is 410 g/mol. The molecule has 0 saturated heterocycles. The lowest BCUT2D eigenvalue weighted by Crippen LogP contribution is -1.94. The van der Waals surface area contributed by atoms with Crippen molar-refractivity contribution in [3.05, 3.63) is 126 Å². The number of aromatic nitrogens is 1. The van der Waals surface area contributed by atoms with Crippen LogP contribution in [0.2, 0.25) is 0 Å². The number of hydrogen-bond acceptors (Lipinski definition) is 0. The van der Waals surface area contributed by atoms with Gasteiger partial charge in [0.2, 0.25) is 0 Å². The van der Waals surface area contributed by atoms with E-state index in [1.54, 1.807) is 0 Å². The van der Waals surface area contributed by atoms with E-state index in [2.05, 4.69) is 135 Å². The summed E-state index contributed by atoms with van der Waals surface area (Å²) in [5.41, 5.74) is 12.6. The van der Waals surface area contributed by atoms with Gasteiger partial charge >= 0.3 is 0 Å². The van der Waals surface area contributed by atoms with Gasteiger partial charge in [-0.15, -0.1) is 0 Å². The molecule has 0 spiro atoms. The fraction of sp³-hybridized carbons (Fsp3) is 0.0909. The van der Waals surface area contributed by atoms with Crippen molar-refractivity contribution < 1.29 is 0 Å². The lowest BCUT2D eigenvalue weighted by molar-refractivity contribution is 1.18. The standard InChI is InChI=1S/C33H27N/c1-22-13-16-29(24(3)19-22)26-15-18-31-30-17-14-25(28-12-8-7-9-23(28)2)20-32(30)34(33(31)21-26)27-10-5-4-6-11-27/h4-21H,1-3H3. The zero-order valence-corrected chi connectivity index (χ0v) is 19.8. The van der Waals surface area contributed by atoms with Crippen LogP contribution in [0.1, 0.15) is 16.7 Å². The number of nitrogens with zero attached hydrogens (tertiary/aromatic N) is 1. The molecule has 1 heteroatoms. The fourth-order valence-corrected chi connectivity index (χ4v) is 5.24. The Morgan fingerprint density at radius 1 is 0.471 bits per heavy atom. The van der Waals surface area contributed by atoms with Gasteiger partial charge in [-0.3, -0.25) is 0 Å². The third-order valence-electron chi connectivity index (χ3n) is 6.93. The first-order chi connectivity index (χ1) is 16.6. The van der Waals surface area contributed by atoms with E-state index in [4.69, 9.17) is 0 Å². The van der Waals surface area contributed by atoms with Gasteiger partial charge < -0.3 is 4.57 Å². The van der Waals surface area contributed by atoms with Crippen LogP contribution in [0.4, 0.5) is 0 Å². The zero-order valence-electron chi connectivity index (χ0n) is 19.8. The summed E-state index contributed by atoms with van der Waals surface area (Å²) in [6.07, 6.45) is 0. The molecule has 164 valence electrons. The van der Waals surface area contributed by atoms with Gasteiger partial charge in [0, 0.05) is 16.5 Å². The van der Waals surface area contributed by atoms with Crippen molar-refractivity contribution in [2.75, 3.05) is 0 Å². The second-order valence-corrected chi connectivity index (χ2v) is 9.27. The SMILES string of the molecule is Cc1ccc(-c2ccc3c4ccc(-c5ccccc5C)cc4n(-c4ccccc4)c3c2)c(C)c1. The van der Waals surface area contributed by atoms with Gasteiger partial charge in [-0.2, -0.15) is 0 Å². The minimum Gasteiger partial charge on any atom is -0.309 e. The lowest BCUT2D eigenvalue weighted by Gasteiger charge is -2.11. The topological polar surface area (TPSA) is 4.93 Å². The molecule has 0 bridgehead atoms. The summed E-state index contributed by atoms with van der Waals surface area (Å²) in [4.78, 5) is 0. The van der Waals surface area contributed by atoms with Gasteiger partial charge in [0.05, 0.1) is 11.0 Å². The van der Waals surface area contributed by atoms with E-state index in [1.807, 2.05) is 0 Å². The molecule has 0 atom stereocenters. The molecule has 0 amide bonds. The molecule has 0 aliphatic rings. The molecule has 0 unspecified atom stereocenters. The Hall–Kier alpha value is -4.10. The summed E-state index contributed by atoms with van der Waals surface area (Å²) in [5, 5.41) is 2.56. The highest BCUT2D eigenvalue weighted by molar-refractivity contribution is 6.11. The molecular formula is C33H27N. The number of para-hydroxylation sites is 1. The van der Waals surface area contributed by atoms with Crippen LogP contribution in [0.25, 0.3) is 49.7 Å². The number of benzene rings is 5. The molecule has 1 nitrogen and oxygen atoms in total. The van der Waals surface area contributed by atoms with Crippen LogP contribution < -0.4 is 0 Å². The van der Waals surface area contributed by atoms with Gasteiger partial charge in [-0.25, -0.2) is 0 Å². The largest absolute Gasteiger partial charge is 0.309 e. The van der Waals surface area contributed by atoms with Crippen LogP contribution >= 0.6 is 0 Å². The highest BCUT2D eigenvalue weighted by Gasteiger charge is 2.15. The van der Waals surface area contributed by atoms with E-state index in [-0.39, 0.29) is 0 Å². The molecule has 0 saturated carbocycles. The highest BCUT2D eigenvalue weighted by Crippen LogP contribution is 2.37. The van der Waals surface area contributed by atoms with Crippen LogP contribution in [-0.4, -0.2) is 4.57 Å². The monoisotopic (exact) mass is 437 g/mol. The Morgan fingerprint density at radius 3 is 1.68 bits per heavy atom. The second kappa shape index (κ2) is 8.04. The van der Waals surface area contributed by atoms with Gasteiger partial charge in [-0.05, 0) is 78.4 Å². The van der Waals surface area contributed by atoms with E-state index >= 15 is 0 Å². The van der Waals surface area contributed by atoms with E-state index in [9.17, 15) is 0 Å². The van der Waals surface area contributed by atoms with E-state index in [0.717, 1.165) is 0 Å². The molecule has 1 aromatic heterocycles. The maximum absolute atomic E-state index is 2.42. The number of fused-ring (bicyclic) bond motifs is 3. The molecule has 1 heterocycles. The van der Waals surface area contributed by atoms with E-state index in [0.29, 0.717) is 0 Å². The lowest BCUT2D eigenvalue weighted by atomic mass is 9.97. The molecule has 5 aromatic carbocycles. The minimum absolute atomic E-state index is 1.18. The quantitative estimate of drug-likeness (QED) is 0.260. The normalized spacial score (nSPS) is 11.4. The first-order valence-corrected chi connectivity index (χ1v) is 11.9. The maximum Gasteiger partial charge on any atom is 0.0547 e. The average molecular weight is 438 g/mol. The van der Waals surface area contributed by atoms with Gasteiger partial charge in [0.1, 0.15) is 0 Å². The third-order valence-corrected chi connectivity index (χ3v) is 6.93. The van der Waals surface area contributed by atoms with Crippen molar-refractivity contribution in [3.63, 3.8) is 0 Å². The summed E-state index contributed by atoms with van der Waals surface area (Å²) < 4.78 is 2.42. The summed E-state index contributed by atoms with van der Waals surface area (Å²) in [6, 6.07) is 39.9. The first-order valence-electron chi connectivity index (χ1n) is 11.9. The Morgan fingerprint density at radius 2 is 1.06 bits per heavy atom. The van der Waals surface area contributed by atoms with Crippen molar-refractivity contribution in [1.29, 1.82) is 0 Å². The van der Waals surface area contributed by atoms with Crippen LogP contribution in [0, 0.1) is 20.8 Å². The zero-order chi connectivity index (χ0) is 23.2. The number of aryl methyl sites for hydroxylation is 3. The molecule has 0 fully saturated rings. The maximum atomic E-state index is 2.42. The third kappa shape index (κ3) is 3.33. The minimum atomic E-state index is 1.18. The molecule has 0 aliphatic carbocycles. The smallest absolute Gasteiger partial charge is 0.0547 e. The van der Waals surface area contributed by atoms with Crippen LogP contribution in [0.15, 0.2) is 109 Å². The Bertz CT molecular complexity index is 1670. The summed E-state index contributed by atoms with van der Waals surface area (Å²) >= 11 is 0. The first kappa shape index (κ1) is 20.5. The van der Waals surface area contributed by atoms with Crippen LogP contribution in [-0.2, 0) is 0 Å². The van der Waals surface area contributed by atoms with Crippen molar-refractivity contribution in [1.82, 2.24) is 4.57 Å². The van der Waals surface area contributed by atoms with Crippen molar-refractivity contribution in [2.45, 2.75) is 20.8 Å². The van der Waals surface area contributed by atoms with Gasteiger partial charge in [0.25, 0.3) is 0 Å². The molecule has 34 heavy (non-hydrogen) atoms. The van der Waals surface area contributed by atoms with Crippen molar-refractivity contribution >= 4 is 21.8 Å². The molecule has 6 aromatic rings. The second-order valence-electron chi connectivity index (χ2n) is 9.27. The molecule has 0 aliphatic heterocycles.